The maximum Gasteiger partial charge on any atom is 0.349 e. The fourth-order valence-corrected chi connectivity index (χ4v) is 4.13. The summed E-state index contributed by atoms with van der Waals surface area (Å²) < 4.78 is 25.2. The average Bonchev–Trinajstić information content (AvgIpc) is 3.00. The normalized spacial score (nSPS) is 11.0. The SMILES string of the molecule is COCc1c(C(=O)OCC(=O)c2ccc(C)cc2C)sc2cccc(F)c12. The van der Waals surface area contributed by atoms with Crippen LogP contribution in [-0.2, 0) is 16.1 Å². The summed E-state index contributed by atoms with van der Waals surface area (Å²) in [6.45, 7) is 3.50. The van der Waals surface area contributed by atoms with Gasteiger partial charge in [0.25, 0.3) is 0 Å². The Bertz CT molecular complexity index is 1020. The number of halogens is 1. The molecule has 0 N–H and O–H groups in total. The molecule has 27 heavy (non-hydrogen) atoms. The number of thiophene rings is 1. The quantitative estimate of drug-likeness (QED) is 0.449. The zero-order chi connectivity index (χ0) is 19.6. The van der Waals surface area contributed by atoms with Gasteiger partial charge in [-0.05, 0) is 31.5 Å². The lowest BCUT2D eigenvalue weighted by molar-refractivity contribution is 0.0476. The van der Waals surface area contributed by atoms with Gasteiger partial charge in [0, 0.05) is 28.3 Å². The molecule has 0 bridgehead atoms. The van der Waals surface area contributed by atoms with Crippen LogP contribution >= 0.6 is 11.3 Å². The minimum absolute atomic E-state index is 0.0797. The van der Waals surface area contributed by atoms with E-state index in [1.807, 2.05) is 26.0 Å². The Morgan fingerprint density at radius 1 is 1.15 bits per heavy atom. The molecule has 0 spiro atoms. The van der Waals surface area contributed by atoms with Crippen molar-refractivity contribution in [3.05, 3.63) is 69.3 Å². The molecule has 3 rings (SSSR count). The smallest absolute Gasteiger partial charge is 0.349 e. The van der Waals surface area contributed by atoms with Crippen molar-refractivity contribution in [2.75, 3.05) is 13.7 Å². The third-order valence-electron chi connectivity index (χ3n) is 4.25. The standard InChI is InChI=1S/C21H19FO4S/c1-12-7-8-14(13(2)9-12)17(23)11-26-21(24)20-15(10-25-3)19-16(22)5-4-6-18(19)27-20/h4-9H,10-11H2,1-3H3. The molecule has 0 amide bonds. The van der Waals surface area contributed by atoms with Crippen LogP contribution in [0.3, 0.4) is 0 Å². The number of ether oxygens (including phenoxy) is 2. The van der Waals surface area contributed by atoms with Gasteiger partial charge >= 0.3 is 5.97 Å². The Balaban J connectivity index is 1.83. The first kappa shape index (κ1) is 19.2. The number of aryl methyl sites for hydroxylation is 2. The predicted octanol–water partition coefficient (Wildman–Crippen LogP) is 4.84. The van der Waals surface area contributed by atoms with E-state index in [2.05, 4.69) is 0 Å². The maximum atomic E-state index is 14.2. The van der Waals surface area contributed by atoms with Gasteiger partial charge in [-0.2, -0.15) is 0 Å². The van der Waals surface area contributed by atoms with E-state index in [1.165, 1.54) is 13.2 Å². The molecule has 4 nitrogen and oxygen atoms in total. The maximum absolute atomic E-state index is 14.2. The number of hydrogen-bond acceptors (Lipinski definition) is 5. The molecule has 1 aromatic heterocycles. The first-order valence-electron chi connectivity index (χ1n) is 8.38. The number of esters is 1. The number of Topliss-reactive ketones (excluding diaryl/α,β-unsaturated/α-hetero) is 1. The van der Waals surface area contributed by atoms with Crippen LogP contribution in [0.2, 0.25) is 0 Å². The highest BCUT2D eigenvalue weighted by Crippen LogP contribution is 2.34. The van der Waals surface area contributed by atoms with E-state index >= 15 is 0 Å². The van der Waals surface area contributed by atoms with Gasteiger partial charge in [0.2, 0.25) is 5.78 Å². The third-order valence-corrected chi connectivity index (χ3v) is 5.43. The number of fused-ring (bicyclic) bond motifs is 1. The van der Waals surface area contributed by atoms with Crippen LogP contribution in [0.15, 0.2) is 36.4 Å². The van der Waals surface area contributed by atoms with Crippen LogP contribution in [0.5, 0.6) is 0 Å². The zero-order valence-corrected chi connectivity index (χ0v) is 16.1. The topological polar surface area (TPSA) is 52.6 Å². The van der Waals surface area contributed by atoms with Crippen molar-refractivity contribution in [2.45, 2.75) is 20.5 Å². The summed E-state index contributed by atoms with van der Waals surface area (Å²) in [5.74, 6) is -1.34. The van der Waals surface area contributed by atoms with Crippen molar-refractivity contribution in [1.82, 2.24) is 0 Å². The first-order valence-corrected chi connectivity index (χ1v) is 9.20. The number of methoxy groups -OCH3 is 1. The summed E-state index contributed by atoms with van der Waals surface area (Å²) in [6.07, 6.45) is 0. The van der Waals surface area contributed by atoms with E-state index in [4.69, 9.17) is 9.47 Å². The number of carbonyl (C=O) groups is 2. The summed E-state index contributed by atoms with van der Waals surface area (Å²) in [5, 5.41) is 0.358. The molecule has 0 atom stereocenters. The molecule has 0 aliphatic heterocycles. The summed E-state index contributed by atoms with van der Waals surface area (Å²) in [4.78, 5) is 25.2. The monoisotopic (exact) mass is 386 g/mol. The van der Waals surface area contributed by atoms with E-state index in [-0.39, 0.29) is 23.9 Å². The van der Waals surface area contributed by atoms with Gasteiger partial charge in [0.15, 0.2) is 6.61 Å². The largest absolute Gasteiger partial charge is 0.453 e. The van der Waals surface area contributed by atoms with Gasteiger partial charge < -0.3 is 9.47 Å². The molecule has 0 aliphatic rings. The van der Waals surface area contributed by atoms with Crippen molar-refractivity contribution in [3.63, 3.8) is 0 Å². The Morgan fingerprint density at radius 3 is 2.63 bits per heavy atom. The summed E-state index contributed by atoms with van der Waals surface area (Å²) >= 11 is 1.13. The summed E-state index contributed by atoms with van der Waals surface area (Å²) in [5.41, 5.74) is 2.85. The van der Waals surface area contributed by atoms with Crippen LogP contribution in [0, 0.1) is 19.7 Å². The lowest BCUT2D eigenvalue weighted by Gasteiger charge is -2.08. The van der Waals surface area contributed by atoms with Gasteiger partial charge in [-0.15, -0.1) is 11.3 Å². The van der Waals surface area contributed by atoms with E-state index in [1.54, 1.807) is 18.2 Å². The molecule has 6 heteroatoms. The molecule has 2 aromatic carbocycles. The molecule has 3 aromatic rings. The highest BCUT2D eigenvalue weighted by atomic mass is 32.1. The van der Waals surface area contributed by atoms with Crippen molar-refractivity contribution in [3.8, 4) is 0 Å². The third kappa shape index (κ3) is 3.91. The van der Waals surface area contributed by atoms with Gasteiger partial charge in [0.05, 0.1) is 6.61 Å². The number of benzene rings is 2. The van der Waals surface area contributed by atoms with E-state index in [0.717, 1.165) is 22.5 Å². The second-order valence-electron chi connectivity index (χ2n) is 6.27. The first-order chi connectivity index (χ1) is 12.9. The minimum atomic E-state index is -0.652. The fraction of sp³-hybridized carbons (Fsp3) is 0.238. The predicted molar refractivity (Wildman–Crippen MR) is 103 cm³/mol. The Morgan fingerprint density at radius 2 is 1.93 bits per heavy atom. The molecule has 0 radical (unpaired) electrons. The van der Waals surface area contributed by atoms with Gasteiger partial charge in [-0.1, -0.05) is 29.8 Å². The highest BCUT2D eigenvalue weighted by Gasteiger charge is 2.23. The van der Waals surface area contributed by atoms with Crippen LogP contribution in [0.4, 0.5) is 4.39 Å². The number of carbonyl (C=O) groups excluding carboxylic acids is 2. The average molecular weight is 386 g/mol. The molecule has 0 aliphatic carbocycles. The molecule has 0 saturated carbocycles. The van der Waals surface area contributed by atoms with Crippen molar-refractivity contribution < 1.29 is 23.5 Å². The molecular formula is C21H19FO4S. The van der Waals surface area contributed by atoms with Crippen LogP contribution < -0.4 is 0 Å². The lowest BCUT2D eigenvalue weighted by Crippen LogP contribution is -2.15. The van der Waals surface area contributed by atoms with E-state index < -0.39 is 11.8 Å². The van der Waals surface area contributed by atoms with E-state index in [0.29, 0.717) is 21.2 Å². The van der Waals surface area contributed by atoms with Crippen LogP contribution in [-0.4, -0.2) is 25.5 Å². The number of ketones is 1. The molecule has 0 fully saturated rings. The Kier molecular flexibility index (Phi) is 5.68. The summed E-state index contributed by atoms with van der Waals surface area (Å²) in [7, 11) is 1.48. The summed E-state index contributed by atoms with van der Waals surface area (Å²) in [6, 6.07) is 10.1. The van der Waals surface area contributed by atoms with Crippen LogP contribution in [0.25, 0.3) is 10.1 Å². The highest BCUT2D eigenvalue weighted by molar-refractivity contribution is 7.21. The molecular weight excluding hydrogens is 367 g/mol. The number of hydrogen-bond donors (Lipinski definition) is 0. The lowest BCUT2D eigenvalue weighted by atomic mass is 10.0. The molecule has 0 saturated heterocycles. The zero-order valence-electron chi connectivity index (χ0n) is 15.3. The van der Waals surface area contributed by atoms with Gasteiger partial charge in [-0.3, -0.25) is 4.79 Å². The van der Waals surface area contributed by atoms with Gasteiger partial charge in [-0.25, -0.2) is 9.18 Å². The van der Waals surface area contributed by atoms with Crippen molar-refractivity contribution >= 4 is 33.2 Å². The second-order valence-corrected chi connectivity index (χ2v) is 7.33. The molecule has 140 valence electrons. The van der Waals surface area contributed by atoms with E-state index in [9.17, 15) is 14.0 Å². The molecule has 1 heterocycles. The molecule has 0 unspecified atom stereocenters. The van der Waals surface area contributed by atoms with Crippen LogP contribution in [0.1, 0.15) is 36.7 Å². The number of rotatable bonds is 6. The minimum Gasteiger partial charge on any atom is -0.453 e. The Hall–Kier alpha value is -2.57. The van der Waals surface area contributed by atoms with Gasteiger partial charge in [0.1, 0.15) is 10.7 Å². The second kappa shape index (κ2) is 7.98. The fourth-order valence-electron chi connectivity index (χ4n) is 3.02. The van der Waals surface area contributed by atoms with Crippen molar-refractivity contribution in [2.24, 2.45) is 0 Å². The Labute approximate surface area is 160 Å². The van der Waals surface area contributed by atoms with Crippen molar-refractivity contribution in [1.29, 1.82) is 0 Å².